The van der Waals surface area contributed by atoms with E-state index >= 15 is 0 Å². The molecule has 1 aromatic rings. The van der Waals surface area contributed by atoms with E-state index in [9.17, 15) is 22.8 Å². The van der Waals surface area contributed by atoms with Crippen LogP contribution in [0.3, 0.4) is 0 Å². The van der Waals surface area contributed by atoms with Crippen molar-refractivity contribution in [3.63, 3.8) is 0 Å². The van der Waals surface area contributed by atoms with Crippen LogP contribution in [0.2, 0.25) is 0 Å². The van der Waals surface area contributed by atoms with Gasteiger partial charge in [0.2, 0.25) is 5.91 Å². The molecular formula is C13H14F3NO3. The van der Waals surface area contributed by atoms with Crippen LogP contribution in [0.4, 0.5) is 13.2 Å². The molecule has 1 amide bonds. The van der Waals surface area contributed by atoms with Crippen LogP contribution < -0.4 is 5.32 Å². The Morgan fingerprint density at radius 1 is 1.20 bits per heavy atom. The number of halogens is 3. The largest absolute Gasteiger partial charge is 0.481 e. The second-order valence-corrected chi connectivity index (χ2v) is 4.39. The van der Waals surface area contributed by atoms with E-state index < -0.39 is 35.4 Å². The van der Waals surface area contributed by atoms with Crippen molar-refractivity contribution >= 4 is 11.9 Å². The number of aliphatic carboxylic acids is 1. The van der Waals surface area contributed by atoms with Gasteiger partial charge in [-0.1, -0.05) is 0 Å². The maximum absolute atomic E-state index is 13.5. The number of benzene rings is 1. The zero-order valence-corrected chi connectivity index (χ0v) is 10.8. The molecule has 1 unspecified atom stereocenters. The number of amides is 1. The highest BCUT2D eigenvalue weighted by atomic mass is 19.2. The Morgan fingerprint density at radius 3 is 2.35 bits per heavy atom. The van der Waals surface area contributed by atoms with E-state index in [0.717, 1.165) is 0 Å². The fourth-order valence-corrected chi connectivity index (χ4v) is 1.80. The summed E-state index contributed by atoms with van der Waals surface area (Å²) in [7, 11) is 0. The summed E-state index contributed by atoms with van der Waals surface area (Å²) in [6, 6.07) is 0.468. The summed E-state index contributed by atoms with van der Waals surface area (Å²) >= 11 is 0. The van der Waals surface area contributed by atoms with Crippen LogP contribution in [0.15, 0.2) is 12.1 Å². The van der Waals surface area contributed by atoms with Crippen LogP contribution in [0, 0.1) is 17.5 Å². The summed E-state index contributed by atoms with van der Waals surface area (Å²) in [5, 5.41) is 11.1. The van der Waals surface area contributed by atoms with Gasteiger partial charge >= 0.3 is 5.97 Å². The Balaban J connectivity index is 2.85. The molecular weight excluding hydrogens is 275 g/mol. The number of carbonyl (C=O) groups excluding carboxylic acids is 1. The van der Waals surface area contributed by atoms with E-state index in [0.29, 0.717) is 12.1 Å². The second kappa shape index (κ2) is 6.93. The van der Waals surface area contributed by atoms with Crippen molar-refractivity contribution < 1.29 is 27.9 Å². The van der Waals surface area contributed by atoms with Crippen molar-refractivity contribution in [1.29, 1.82) is 0 Å². The molecule has 0 radical (unpaired) electrons. The fraction of sp³-hybridized carbons (Fsp3) is 0.385. The molecule has 0 saturated heterocycles. The Morgan fingerprint density at radius 2 is 1.80 bits per heavy atom. The van der Waals surface area contributed by atoms with E-state index in [1.807, 2.05) is 0 Å². The first-order chi connectivity index (χ1) is 9.29. The summed E-state index contributed by atoms with van der Waals surface area (Å²) < 4.78 is 39.4. The van der Waals surface area contributed by atoms with Crippen molar-refractivity contribution in [1.82, 2.24) is 5.32 Å². The van der Waals surface area contributed by atoms with Gasteiger partial charge in [-0.25, -0.2) is 13.2 Å². The minimum absolute atomic E-state index is 0.0628. The predicted molar refractivity (Wildman–Crippen MR) is 64.5 cm³/mol. The quantitative estimate of drug-likeness (QED) is 0.787. The monoisotopic (exact) mass is 289 g/mol. The molecule has 0 aliphatic carbocycles. The van der Waals surface area contributed by atoms with Crippen LogP contribution in [0.5, 0.6) is 0 Å². The maximum atomic E-state index is 13.5. The molecule has 0 spiro atoms. The molecule has 20 heavy (non-hydrogen) atoms. The first kappa shape index (κ1) is 16.0. The maximum Gasteiger partial charge on any atom is 0.303 e. The number of rotatable bonds is 6. The molecule has 1 rings (SSSR count). The predicted octanol–water partition coefficient (Wildman–Crippen LogP) is 2.02. The minimum Gasteiger partial charge on any atom is -0.481 e. The first-order valence-electron chi connectivity index (χ1n) is 5.92. The zero-order valence-electron chi connectivity index (χ0n) is 10.8. The average Bonchev–Trinajstić information content (AvgIpc) is 2.32. The van der Waals surface area contributed by atoms with E-state index in [-0.39, 0.29) is 24.8 Å². The molecule has 2 N–H and O–H groups in total. The topological polar surface area (TPSA) is 66.4 Å². The van der Waals surface area contributed by atoms with Gasteiger partial charge < -0.3 is 10.4 Å². The van der Waals surface area contributed by atoms with Crippen LogP contribution in [0.25, 0.3) is 0 Å². The molecule has 0 fully saturated rings. The third kappa shape index (κ3) is 4.91. The lowest BCUT2D eigenvalue weighted by molar-refractivity contribution is -0.137. The summed E-state index contributed by atoms with van der Waals surface area (Å²) in [5.41, 5.74) is -0.118. The van der Waals surface area contributed by atoms with Gasteiger partial charge in [-0.2, -0.15) is 0 Å². The third-order valence-corrected chi connectivity index (χ3v) is 2.67. The summed E-state index contributed by atoms with van der Waals surface area (Å²) in [6.45, 7) is 1.23. The molecule has 0 bridgehead atoms. The van der Waals surface area contributed by atoms with Crippen molar-refractivity contribution in [3.05, 3.63) is 35.1 Å². The van der Waals surface area contributed by atoms with Gasteiger partial charge in [0.1, 0.15) is 5.82 Å². The van der Waals surface area contributed by atoms with Gasteiger partial charge in [0.25, 0.3) is 0 Å². The van der Waals surface area contributed by atoms with Gasteiger partial charge in [-0.05, 0) is 24.5 Å². The van der Waals surface area contributed by atoms with E-state index in [1.54, 1.807) is 0 Å². The van der Waals surface area contributed by atoms with Gasteiger partial charge in [0, 0.05) is 25.5 Å². The zero-order chi connectivity index (χ0) is 15.3. The molecule has 1 aromatic carbocycles. The lowest BCUT2D eigenvalue weighted by Gasteiger charge is -2.17. The second-order valence-electron chi connectivity index (χ2n) is 4.39. The molecule has 110 valence electrons. The number of hydrogen-bond donors (Lipinski definition) is 2. The minimum atomic E-state index is -1.30. The first-order valence-corrected chi connectivity index (χ1v) is 5.92. The lowest BCUT2D eigenvalue weighted by Crippen LogP contribution is -2.35. The fourth-order valence-electron chi connectivity index (χ4n) is 1.80. The van der Waals surface area contributed by atoms with Gasteiger partial charge in [-0.15, -0.1) is 0 Å². The number of hydrogen-bond acceptors (Lipinski definition) is 2. The molecule has 4 nitrogen and oxygen atoms in total. The molecule has 0 heterocycles. The lowest BCUT2D eigenvalue weighted by atomic mass is 10.0. The average molecular weight is 289 g/mol. The van der Waals surface area contributed by atoms with Gasteiger partial charge in [0.15, 0.2) is 11.6 Å². The number of carboxylic acid groups (broad SMARTS) is 1. The van der Waals surface area contributed by atoms with Crippen molar-refractivity contribution in [3.8, 4) is 0 Å². The smallest absolute Gasteiger partial charge is 0.303 e. The molecule has 0 aliphatic heterocycles. The molecule has 0 aliphatic rings. The number of nitrogens with one attached hydrogen (secondary N) is 1. The highest BCUT2D eigenvalue weighted by Crippen LogP contribution is 2.16. The Kier molecular flexibility index (Phi) is 5.54. The molecule has 0 saturated carbocycles. The Labute approximate surface area is 113 Å². The molecule has 7 heteroatoms. The van der Waals surface area contributed by atoms with Crippen molar-refractivity contribution in [2.75, 3.05) is 0 Å². The third-order valence-electron chi connectivity index (χ3n) is 2.67. The van der Waals surface area contributed by atoms with Crippen molar-refractivity contribution in [2.45, 2.75) is 32.2 Å². The summed E-state index contributed by atoms with van der Waals surface area (Å²) in [4.78, 5) is 21.5. The van der Waals surface area contributed by atoms with Crippen molar-refractivity contribution in [2.24, 2.45) is 0 Å². The molecule has 0 aromatic heterocycles. The van der Waals surface area contributed by atoms with E-state index in [1.165, 1.54) is 6.92 Å². The standard InChI is InChI=1S/C13H14F3NO3/c1-7(18)17-9(2-3-13(19)20)4-8-5-11(15)12(16)6-10(8)14/h5-6,9H,2-4H2,1H3,(H,17,18)(H,19,20). The van der Waals surface area contributed by atoms with E-state index in [4.69, 9.17) is 5.11 Å². The highest BCUT2D eigenvalue weighted by Gasteiger charge is 2.17. The van der Waals surface area contributed by atoms with Gasteiger partial charge in [-0.3, -0.25) is 9.59 Å². The number of carbonyl (C=O) groups is 2. The van der Waals surface area contributed by atoms with E-state index in [2.05, 4.69) is 5.32 Å². The summed E-state index contributed by atoms with van der Waals surface area (Å²) in [6.07, 6.45) is -0.278. The number of carboxylic acids is 1. The van der Waals surface area contributed by atoms with Crippen LogP contribution in [0.1, 0.15) is 25.3 Å². The molecule has 1 atom stereocenters. The van der Waals surface area contributed by atoms with Crippen LogP contribution >= 0.6 is 0 Å². The summed E-state index contributed by atoms with van der Waals surface area (Å²) in [5.74, 6) is -4.90. The van der Waals surface area contributed by atoms with Gasteiger partial charge in [0.05, 0.1) is 0 Å². The Bertz CT molecular complexity index is 520. The Hall–Kier alpha value is -2.05. The highest BCUT2D eigenvalue weighted by molar-refractivity contribution is 5.73. The van der Waals surface area contributed by atoms with Crippen LogP contribution in [-0.2, 0) is 16.0 Å². The normalized spacial score (nSPS) is 12.0. The SMILES string of the molecule is CC(=O)NC(CCC(=O)O)Cc1cc(F)c(F)cc1F. The van der Waals surface area contributed by atoms with Crippen LogP contribution in [-0.4, -0.2) is 23.0 Å².